The Morgan fingerprint density at radius 1 is 1.38 bits per heavy atom. The number of aromatic nitrogens is 2. The summed E-state index contributed by atoms with van der Waals surface area (Å²) >= 11 is 1.74. The lowest BCUT2D eigenvalue weighted by atomic mass is 10.1. The van der Waals surface area contributed by atoms with E-state index in [-0.39, 0.29) is 0 Å². The molecule has 0 saturated carbocycles. The van der Waals surface area contributed by atoms with Gasteiger partial charge in [-0.15, -0.1) is 11.3 Å². The van der Waals surface area contributed by atoms with E-state index in [2.05, 4.69) is 39.2 Å². The third kappa shape index (κ3) is 4.26. The van der Waals surface area contributed by atoms with Crippen LogP contribution < -0.4 is 11.1 Å². The van der Waals surface area contributed by atoms with E-state index in [4.69, 9.17) is 10.7 Å². The molecule has 6 heteroatoms. The molecule has 5 nitrogen and oxygen atoms in total. The molecule has 0 spiro atoms. The van der Waals surface area contributed by atoms with Gasteiger partial charge < -0.3 is 11.1 Å². The van der Waals surface area contributed by atoms with Crippen molar-refractivity contribution in [2.24, 2.45) is 5.73 Å². The first-order valence-electron chi connectivity index (χ1n) is 8.70. The van der Waals surface area contributed by atoms with Gasteiger partial charge in [-0.25, -0.2) is 4.98 Å². The summed E-state index contributed by atoms with van der Waals surface area (Å²) in [6, 6.07) is 0. The van der Waals surface area contributed by atoms with E-state index in [1.807, 2.05) is 6.08 Å². The van der Waals surface area contributed by atoms with Gasteiger partial charge in [-0.1, -0.05) is 12.2 Å². The molecule has 0 amide bonds. The standard InChI is InChI=1S/C18H27N5S/c1-15(6-4-2-3-5-7-19)17-13-23-16(14-24-18(23)21-17)12-22-10-8-20-9-11-22/h5-7,13-14,20H,2-4,8-12,19H2,1H3/b7-5+,15-6+. The molecule has 1 fully saturated rings. The van der Waals surface area contributed by atoms with Gasteiger partial charge in [0.25, 0.3) is 0 Å². The molecule has 0 radical (unpaired) electrons. The fourth-order valence-electron chi connectivity index (χ4n) is 2.99. The first-order valence-corrected chi connectivity index (χ1v) is 9.58. The van der Waals surface area contributed by atoms with Crippen molar-refractivity contribution in [2.75, 3.05) is 26.2 Å². The van der Waals surface area contributed by atoms with Crippen LogP contribution in [0.1, 0.15) is 37.6 Å². The third-order valence-corrected chi connectivity index (χ3v) is 5.33. The third-order valence-electron chi connectivity index (χ3n) is 4.44. The summed E-state index contributed by atoms with van der Waals surface area (Å²) in [6.45, 7) is 7.57. The number of unbranched alkanes of at least 4 members (excludes halogenated alkanes) is 2. The Balaban J connectivity index is 1.66. The molecule has 0 aliphatic carbocycles. The van der Waals surface area contributed by atoms with Gasteiger partial charge in [-0.2, -0.15) is 0 Å². The van der Waals surface area contributed by atoms with Crippen molar-refractivity contribution in [3.63, 3.8) is 0 Å². The molecule has 3 rings (SSSR count). The van der Waals surface area contributed by atoms with Gasteiger partial charge in [0.05, 0.1) is 5.69 Å². The number of imidazole rings is 1. The molecular weight excluding hydrogens is 318 g/mol. The first kappa shape index (κ1) is 17.2. The Hall–Kier alpha value is -1.63. The lowest BCUT2D eigenvalue weighted by molar-refractivity contribution is 0.230. The molecule has 3 N–H and O–H groups in total. The molecule has 0 bridgehead atoms. The van der Waals surface area contributed by atoms with Gasteiger partial charge in [0, 0.05) is 50.0 Å². The fraction of sp³-hybridized carbons (Fsp3) is 0.500. The van der Waals surface area contributed by atoms with Crippen molar-refractivity contribution in [3.05, 3.63) is 41.3 Å². The number of rotatable bonds is 7. The predicted molar refractivity (Wildman–Crippen MR) is 102 cm³/mol. The average Bonchev–Trinajstić information content (AvgIpc) is 3.18. The second-order valence-electron chi connectivity index (χ2n) is 6.28. The van der Waals surface area contributed by atoms with E-state index in [0.717, 1.165) is 62.6 Å². The molecule has 24 heavy (non-hydrogen) atoms. The highest BCUT2D eigenvalue weighted by atomic mass is 32.1. The molecular formula is C18H27N5S. The zero-order chi connectivity index (χ0) is 16.8. The molecule has 0 unspecified atom stereocenters. The van der Waals surface area contributed by atoms with Gasteiger partial charge in [-0.3, -0.25) is 9.30 Å². The SMILES string of the molecule is C/C(=C\CCC/C=C/N)c1cn2c(CN3CCNCC3)csc2n1. The van der Waals surface area contributed by atoms with Crippen molar-refractivity contribution in [1.82, 2.24) is 19.6 Å². The molecule has 2 aromatic heterocycles. The molecule has 1 aliphatic rings. The Morgan fingerprint density at radius 2 is 2.21 bits per heavy atom. The number of fused-ring (bicyclic) bond motifs is 1. The van der Waals surface area contributed by atoms with Crippen molar-refractivity contribution in [2.45, 2.75) is 32.7 Å². The summed E-state index contributed by atoms with van der Waals surface area (Å²) < 4.78 is 2.26. The second kappa shape index (κ2) is 8.46. The predicted octanol–water partition coefficient (Wildman–Crippen LogP) is 2.85. The minimum Gasteiger partial charge on any atom is -0.405 e. The first-order chi connectivity index (χ1) is 11.8. The Kier molecular flexibility index (Phi) is 6.07. The maximum absolute atomic E-state index is 5.36. The molecule has 2 aromatic rings. The van der Waals surface area contributed by atoms with Crippen LogP contribution in [0.2, 0.25) is 0 Å². The van der Waals surface area contributed by atoms with Crippen LogP contribution >= 0.6 is 11.3 Å². The quantitative estimate of drug-likeness (QED) is 0.758. The van der Waals surface area contributed by atoms with E-state index in [1.165, 1.54) is 11.3 Å². The number of nitrogens with zero attached hydrogens (tertiary/aromatic N) is 3. The van der Waals surface area contributed by atoms with E-state index in [1.54, 1.807) is 17.5 Å². The van der Waals surface area contributed by atoms with Gasteiger partial charge >= 0.3 is 0 Å². The zero-order valence-corrected chi connectivity index (χ0v) is 15.2. The summed E-state index contributed by atoms with van der Waals surface area (Å²) in [4.78, 5) is 8.39. The number of thiazole rings is 1. The van der Waals surface area contributed by atoms with Crippen LogP contribution in [-0.2, 0) is 6.54 Å². The summed E-state index contributed by atoms with van der Waals surface area (Å²) in [5.41, 5.74) is 9.06. The minimum atomic E-state index is 1.01. The van der Waals surface area contributed by atoms with Crippen LogP contribution in [0.3, 0.4) is 0 Å². The summed E-state index contributed by atoms with van der Waals surface area (Å²) in [5, 5.41) is 5.65. The monoisotopic (exact) mass is 345 g/mol. The fourth-order valence-corrected chi connectivity index (χ4v) is 3.85. The van der Waals surface area contributed by atoms with E-state index < -0.39 is 0 Å². The van der Waals surface area contributed by atoms with Gasteiger partial charge in [0.15, 0.2) is 4.96 Å². The lowest BCUT2D eigenvalue weighted by Crippen LogP contribution is -2.43. The number of allylic oxidation sites excluding steroid dienone is 3. The molecule has 3 heterocycles. The van der Waals surface area contributed by atoms with Gasteiger partial charge in [-0.05, 0) is 38.0 Å². The van der Waals surface area contributed by atoms with Crippen LogP contribution in [0.5, 0.6) is 0 Å². The summed E-state index contributed by atoms with van der Waals surface area (Å²) in [6.07, 6.45) is 11.3. The van der Waals surface area contributed by atoms with Crippen molar-refractivity contribution in [1.29, 1.82) is 0 Å². The Labute approximate surface area is 147 Å². The lowest BCUT2D eigenvalue weighted by Gasteiger charge is -2.26. The second-order valence-corrected chi connectivity index (χ2v) is 7.11. The Morgan fingerprint density at radius 3 is 3.00 bits per heavy atom. The Bertz CT molecular complexity index is 706. The van der Waals surface area contributed by atoms with Crippen LogP contribution in [0, 0.1) is 0 Å². The van der Waals surface area contributed by atoms with Crippen LogP contribution in [0.15, 0.2) is 29.9 Å². The van der Waals surface area contributed by atoms with Crippen LogP contribution in [0.4, 0.5) is 0 Å². The van der Waals surface area contributed by atoms with Gasteiger partial charge in [0.1, 0.15) is 0 Å². The zero-order valence-electron chi connectivity index (χ0n) is 14.4. The highest BCUT2D eigenvalue weighted by Crippen LogP contribution is 2.22. The van der Waals surface area contributed by atoms with Crippen LogP contribution in [-0.4, -0.2) is 40.5 Å². The van der Waals surface area contributed by atoms with Gasteiger partial charge in [0.2, 0.25) is 0 Å². The molecule has 0 aromatic carbocycles. The summed E-state index contributed by atoms with van der Waals surface area (Å²) in [5.74, 6) is 0. The number of hydrogen-bond acceptors (Lipinski definition) is 5. The number of piperazine rings is 1. The maximum Gasteiger partial charge on any atom is 0.194 e. The topological polar surface area (TPSA) is 58.6 Å². The largest absolute Gasteiger partial charge is 0.405 e. The maximum atomic E-state index is 5.36. The van der Waals surface area contributed by atoms with Crippen molar-refractivity contribution < 1.29 is 0 Å². The highest BCUT2D eigenvalue weighted by Gasteiger charge is 2.14. The molecule has 0 atom stereocenters. The van der Waals surface area contributed by atoms with Crippen molar-refractivity contribution in [3.8, 4) is 0 Å². The molecule has 130 valence electrons. The normalized spacial score (nSPS) is 17.3. The van der Waals surface area contributed by atoms with Crippen LogP contribution in [0.25, 0.3) is 10.5 Å². The molecule has 1 saturated heterocycles. The van der Waals surface area contributed by atoms with E-state index >= 15 is 0 Å². The van der Waals surface area contributed by atoms with E-state index in [0.29, 0.717) is 0 Å². The van der Waals surface area contributed by atoms with E-state index in [9.17, 15) is 0 Å². The average molecular weight is 346 g/mol. The highest BCUT2D eigenvalue weighted by molar-refractivity contribution is 7.15. The number of hydrogen-bond donors (Lipinski definition) is 2. The summed E-state index contributed by atoms with van der Waals surface area (Å²) in [7, 11) is 0. The van der Waals surface area contributed by atoms with Crippen molar-refractivity contribution >= 4 is 21.9 Å². The molecule has 1 aliphatic heterocycles. The smallest absolute Gasteiger partial charge is 0.194 e. The minimum absolute atomic E-state index is 1.01. The number of nitrogens with one attached hydrogen (secondary N) is 1. The number of nitrogens with two attached hydrogens (primary N) is 1.